The number of alkyl halides is 3. The summed E-state index contributed by atoms with van der Waals surface area (Å²) in [5.41, 5.74) is -1.72. The average molecular weight is 479 g/mol. The predicted molar refractivity (Wildman–Crippen MR) is 92.0 cm³/mol. The molecular weight excluding hydrogens is 478 g/mol. The van der Waals surface area contributed by atoms with E-state index in [-0.39, 0.29) is 25.8 Å². The molecule has 0 radical (unpaired) electrons. The quantitative estimate of drug-likeness (QED) is 0.190. The van der Waals surface area contributed by atoms with Crippen molar-refractivity contribution in [3.63, 3.8) is 0 Å². The maximum absolute atomic E-state index is 13.1. The smallest absolute Gasteiger partial charge is 0.255 e. The summed E-state index contributed by atoms with van der Waals surface area (Å²) in [5, 5.41) is -2.85. The van der Waals surface area contributed by atoms with Crippen LogP contribution in [0.5, 0.6) is 0 Å². The van der Waals surface area contributed by atoms with Crippen molar-refractivity contribution in [3.8, 4) is 0 Å². The summed E-state index contributed by atoms with van der Waals surface area (Å²) in [4.78, 5) is 15.4. The van der Waals surface area contributed by atoms with Gasteiger partial charge in [0.15, 0.2) is 10.2 Å². The van der Waals surface area contributed by atoms with E-state index in [0.717, 1.165) is 6.07 Å². The number of rotatable bonds is 2. The minimum Gasteiger partial charge on any atom is -0.255 e. The minimum absolute atomic E-state index is 0.132. The molecule has 1 aromatic carbocycles. The number of nitrogens with zero attached hydrogens (tertiary/aromatic N) is 2. The molecule has 0 unspecified atom stereocenters. The third kappa shape index (κ3) is 3.82. The lowest BCUT2D eigenvalue weighted by Gasteiger charge is -2.22. The normalized spacial score (nSPS) is 11.7. The molecular formula is C11HCl6F3N2OS. The predicted octanol–water partition coefficient (Wildman–Crippen LogP) is 7.93. The van der Waals surface area contributed by atoms with Gasteiger partial charge in [0.25, 0.3) is 0 Å². The van der Waals surface area contributed by atoms with Crippen LogP contribution < -0.4 is 4.90 Å². The molecule has 1 amide bonds. The molecule has 2 aromatic rings. The van der Waals surface area contributed by atoms with Crippen LogP contribution in [0.15, 0.2) is 6.07 Å². The van der Waals surface area contributed by atoms with E-state index in [1.165, 1.54) is 0 Å². The first-order valence-electron chi connectivity index (χ1n) is 5.51. The van der Waals surface area contributed by atoms with Gasteiger partial charge in [-0.15, -0.1) is 0 Å². The lowest BCUT2D eigenvalue weighted by atomic mass is 10.3. The zero-order valence-corrected chi connectivity index (χ0v) is 16.0. The van der Waals surface area contributed by atoms with Gasteiger partial charge >= 0.3 is 11.5 Å². The number of carbonyl (C=O) groups is 1. The fourth-order valence-corrected chi connectivity index (χ4v) is 3.86. The molecule has 1 aromatic heterocycles. The third-order valence-electron chi connectivity index (χ3n) is 2.55. The summed E-state index contributed by atoms with van der Waals surface area (Å²) >= 11 is 34.9. The summed E-state index contributed by atoms with van der Waals surface area (Å²) in [6, 6.07) is 1.05. The number of hydrogen-bond donors (Lipinski definition) is 0. The van der Waals surface area contributed by atoms with Crippen molar-refractivity contribution in [2.24, 2.45) is 0 Å². The van der Waals surface area contributed by atoms with Gasteiger partial charge in [-0.1, -0.05) is 69.3 Å². The van der Waals surface area contributed by atoms with Crippen LogP contribution in [0.4, 0.5) is 28.7 Å². The van der Waals surface area contributed by atoms with Gasteiger partial charge < -0.3 is 0 Å². The molecule has 0 bridgehead atoms. The van der Waals surface area contributed by atoms with Crippen molar-refractivity contribution in [2.75, 3.05) is 4.90 Å². The molecule has 0 fully saturated rings. The zero-order valence-electron chi connectivity index (χ0n) is 10.7. The largest absolute Gasteiger partial charge is 0.436 e. The number of carbonyl (C=O) groups excluding carboxylic acids is 1. The van der Waals surface area contributed by atoms with E-state index >= 15 is 0 Å². The molecule has 24 heavy (non-hydrogen) atoms. The maximum Gasteiger partial charge on any atom is 0.436 e. The summed E-state index contributed by atoms with van der Waals surface area (Å²) in [7, 11) is 0. The van der Waals surface area contributed by atoms with Crippen molar-refractivity contribution < 1.29 is 18.0 Å². The molecule has 0 aliphatic rings. The first-order valence-corrected chi connectivity index (χ1v) is 8.59. The molecule has 0 aliphatic heterocycles. The molecule has 0 saturated carbocycles. The van der Waals surface area contributed by atoms with Crippen molar-refractivity contribution >= 4 is 97.0 Å². The van der Waals surface area contributed by atoms with E-state index in [1.54, 1.807) is 0 Å². The Morgan fingerprint density at radius 3 is 2.17 bits per heavy atom. The number of halogens is 9. The van der Waals surface area contributed by atoms with Crippen molar-refractivity contribution in [1.29, 1.82) is 0 Å². The van der Waals surface area contributed by atoms with Gasteiger partial charge in [0, 0.05) is 0 Å². The number of aromatic nitrogens is 1. The average Bonchev–Trinajstić information content (AvgIpc) is 2.84. The number of amides is 1. The molecule has 1 heterocycles. The monoisotopic (exact) mass is 476 g/mol. The highest BCUT2D eigenvalue weighted by Gasteiger charge is 2.41. The fraction of sp³-hybridized carbons (Fsp3) is 0.0909. The first kappa shape index (κ1) is 20.2. The van der Waals surface area contributed by atoms with Gasteiger partial charge in [-0.05, 0) is 17.7 Å². The Morgan fingerprint density at radius 1 is 1.08 bits per heavy atom. The summed E-state index contributed by atoms with van der Waals surface area (Å²) in [6.07, 6.45) is -4.89. The molecule has 0 atom stereocenters. The van der Waals surface area contributed by atoms with Crippen molar-refractivity contribution in [1.82, 2.24) is 4.98 Å². The van der Waals surface area contributed by atoms with E-state index in [9.17, 15) is 18.0 Å². The second-order valence-electron chi connectivity index (χ2n) is 4.03. The van der Waals surface area contributed by atoms with Crippen LogP contribution in [0.3, 0.4) is 0 Å². The Balaban J connectivity index is 2.77. The topological polar surface area (TPSA) is 33.2 Å². The second-order valence-corrected chi connectivity index (χ2v) is 7.45. The Labute approximate surface area is 166 Å². The van der Waals surface area contributed by atoms with Crippen LogP contribution in [0, 0.1) is 0 Å². The summed E-state index contributed by atoms with van der Waals surface area (Å²) in [5.74, 6) is 0. The lowest BCUT2D eigenvalue weighted by Crippen LogP contribution is -2.22. The minimum atomic E-state index is -4.89. The molecule has 0 aliphatic carbocycles. The molecule has 3 nitrogen and oxygen atoms in total. The summed E-state index contributed by atoms with van der Waals surface area (Å²) in [6.45, 7) is 0. The van der Waals surface area contributed by atoms with Gasteiger partial charge in [-0.2, -0.15) is 13.2 Å². The SMILES string of the molecule is O=C(Cl)N(c1cc(Cl)c(Cl)c(Cl)c1Cl)c1sc(Cl)nc1C(F)(F)F. The molecule has 130 valence electrons. The van der Waals surface area contributed by atoms with Gasteiger partial charge in [0.05, 0.1) is 25.8 Å². The standard InChI is InChI=1S/C11HCl6F3N2OS/c12-2-1-3(5(14)6(15)4(2)13)22(10(17)23)8-7(11(18,19)20)21-9(16)24-8/h1H. The van der Waals surface area contributed by atoms with Crippen LogP contribution >= 0.6 is 80.9 Å². The van der Waals surface area contributed by atoms with E-state index in [1.807, 2.05) is 0 Å². The molecule has 2 rings (SSSR count). The van der Waals surface area contributed by atoms with Gasteiger partial charge in [-0.25, -0.2) is 4.98 Å². The maximum atomic E-state index is 13.1. The Bertz CT molecular complexity index is 825. The van der Waals surface area contributed by atoms with Gasteiger partial charge in [0.1, 0.15) is 5.00 Å². The van der Waals surface area contributed by atoms with Gasteiger partial charge in [0.2, 0.25) is 0 Å². The molecule has 0 spiro atoms. The van der Waals surface area contributed by atoms with Crippen LogP contribution in [-0.4, -0.2) is 10.4 Å². The van der Waals surface area contributed by atoms with E-state index < -0.39 is 26.7 Å². The summed E-state index contributed by atoms with van der Waals surface area (Å²) < 4.78 is 38.9. The number of anilines is 2. The fourth-order valence-electron chi connectivity index (χ4n) is 1.63. The Kier molecular flexibility index (Phi) is 6.07. The van der Waals surface area contributed by atoms with Crippen LogP contribution in [-0.2, 0) is 6.18 Å². The van der Waals surface area contributed by atoms with Crippen LogP contribution in [0.1, 0.15) is 5.69 Å². The van der Waals surface area contributed by atoms with Crippen LogP contribution in [0.2, 0.25) is 24.6 Å². The second kappa shape index (κ2) is 7.23. The van der Waals surface area contributed by atoms with E-state index in [0.29, 0.717) is 16.2 Å². The highest BCUT2D eigenvalue weighted by molar-refractivity contribution is 7.20. The number of hydrogen-bond acceptors (Lipinski definition) is 3. The van der Waals surface area contributed by atoms with Crippen LogP contribution in [0.25, 0.3) is 0 Å². The Hall–Kier alpha value is -0.150. The highest BCUT2D eigenvalue weighted by Crippen LogP contribution is 2.49. The lowest BCUT2D eigenvalue weighted by molar-refractivity contribution is -0.140. The number of thiazole rings is 1. The molecule has 13 heteroatoms. The third-order valence-corrected chi connectivity index (χ3v) is 5.61. The number of benzene rings is 1. The Morgan fingerprint density at radius 2 is 1.67 bits per heavy atom. The van der Waals surface area contributed by atoms with E-state index in [2.05, 4.69) is 4.98 Å². The molecule has 0 N–H and O–H groups in total. The van der Waals surface area contributed by atoms with E-state index in [4.69, 9.17) is 69.6 Å². The first-order chi connectivity index (χ1) is 10.9. The van der Waals surface area contributed by atoms with Gasteiger partial charge in [-0.3, -0.25) is 9.69 Å². The molecule has 0 saturated heterocycles. The van der Waals surface area contributed by atoms with Crippen molar-refractivity contribution in [3.05, 3.63) is 36.3 Å². The van der Waals surface area contributed by atoms with Crippen molar-refractivity contribution in [2.45, 2.75) is 6.18 Å². The highest BCUT2D eigenvalue weighted by atomic mass is 35.5. The zero-order chi connectivity index (χ0) is 18.4.